The minimum absolute atomic E-state index is 0.0177. The molecule has 0 radical (unpaired) electrons. The standard InChI is InChI=1S/C16H20FNO3/c1-10(12-3-2-4-13(17)9-12)15(19)18-14-7-5-11(6-8-14)16(20)21/h2-4,9-11,14H,5-8H2,1H3,(H,18,19)(H,20,21). The van der Waals surface area contributed by atoms with E-state index in [-0.39, 0.29) is 23.7 Å². The lowest BCUT2D eigenvalue weighted by Crippen LogP contribution is -2.40. The first-order chi connectivity index (χ1) is 9.97. The Balaban J connectivity index is 1.89. The van der Waals surface area contributed by atoms with E-state index < -0.39 is 11.9 Å². The van der Waals surface area contributed by atoms with Crippen molar-refractivity contribution in [3.05, 3.63) is 35.6 Å². The van der Waals surface area contributed by atoms with E-state index in [1.807, 2.05) is 0 Å². The molecule has 5 heteroatoms. The summed E-state index contributed by atoms with van der Waals surface area (Å²) >= 11 is 0. The molecule has 2 rings (SSSR count). The molecule has 1 aliphatic rings. The van der Waals surface area contributed by atoms with E-state index in [1.54, 1.807) is 19.1 Å². The van der Waals surface area contributed by atoms with E-state index in [9.17, 15) is 14.0 Å². The highest BCUT2D eigenvalue weighted by Crippen LogP contribution is 2.25. The van der Waals surface area contributed by atoms with Crippen LogP contribution in [0.15, 0.2) is 24.3 Å². The summed E-state index contributed by atoms with van der Waals surface area (Å²) in [6.07, 6.45) is 2.54. The molecule has 1 aliphatic carbocycles. The summed E-state index contributed by atoms with van der Waals surface area (Å²) in [6.45, 7) is 1.74. The largest absolute Gasteiger partial charge is 0.481 e. The summed E-state index contributed by atoms with van der Waals surface area (Å²) in [7, 11) is 0. The predicted octanol–water partition coefficient (Wildman–Crippen LogP) is 2.69. The monoisotopic (exact) mass is 293 g/mol. The van der Waals surface area contributed by atoms with Gasteiger partial charge in [0.1, 0.15) is 5.82 Å². The van der Waals surface area contributed by atoms with Crippen molar-refractivity contribution < 1.29 is 19.1 Å². The summed E-state index contributed by atoms with van der Waals surface area (Å²) in [5.74, 6) is -1.96. The van der Waals surface area contributed by atoms with Gasteiger partial charge in [-0.05, 0) is 50.3 Å². The Kier molecular flexibility index (Phi) is 4.94. The lowest BCUT2D eigenvalue weighted by atomic mass is 9.86. The fraction of sp³-hybridized carbons (Fsp3) is 0.500. The van der Waals surface area contributed by atoms with Gasteiger partial charge in [0.2, 0.25) is 5.91 Å². The minimum atomic E-state index is -0.757. The SMILES string of the molecule is CC(C(=O)NC1CCC(C(=O)O)CC1)c1cccc(F)c1. The number of nitrogens with one attached hydrogen (secondary N) is 1. The third-order valence-electron chi connectivity index (χ3n) is 4.16. The number of aliphatic carboxylic acids is 1. The predicted molar refractivity (Wildman–Crippen MR) is 76.3 cm³/mol. The first-order valence-electron chi connectivity index (χ1n) is 7.26. The van der Waals surface area contributed by atoms with Crippen LogP contribution in [0.3, 0.4) is 0 Å². The summed E-state index contributed by atoms with van der Waals surface area (Å²) in [4.78, 5) is 23.1. The van der Waals surface area contributed by atoms with Crippen LogP contribution in [0.25, 0.3) is 0 Å². The van der Waals surface area contributed by atoms with Crippen molar-refractivity contribution in [2.75, 3.05) is 0 Å². The highest BCUT2D eigenvalue weighted by molar-refractivity contribution is 5.83. The lowest BCUT2D eigenvalue weighted by molar-refractivity contribution is -0.142. The Labute approximate surface area is 123 Å². The molecule has 1 unspecified atom stereocenters. The molecule has 4 nitrogen and oxygen atoms in total. The van der Waals surface area contributed by atoms with Gasteiger partial charge < -0.3 is 10.4 Å². The highest BCUT2D eigenvalue weighted by Gasteiger charge is 2.27. The van der Waals surface area contributed by atoms with Gasteiger partial charge in [0.25, 0.3) is 0 Å². The zero-order valence-electron chi connectivity index (χ0n) is 12.0. The summed E-state index contributed by atoms with van der Waals surface area (Å²) in [5, 5.41) is 11.9. The second-order valence-electron chi connectivity index (χ2n) is 5.67. The molecule has 21 heavy (non-hydrogen) atoms. The summed E-state index contributed by atoms with van der Waals surface area (Å²) in [5.41, 5.74) is 0.645. The summed E-state index contributed by atoms with van der Waals surface area (Å²) < 4.78 is 13.2. The van der Waals surface area contributed by atoms with Crippen LogP contribution < -0.4 is 5.32 Å². The van der Waals surface area contributed by atoms with Gasteiger partial charge in [0.05, 0.1) is 11.8 Å². The van der Waals surface area contributed by atoms with Gasteiger partial charge in [0, 0.05) is 6.04 Å². The Morgan fingerprint density at radius 1 is 1.29 bits per heavy atom. The Hall–Kier alpha value is -1.91. The molecule has 0 aromatic heterocycles. The molecule has 1 aromatic rings. The Morgan fingerprint density at radius 2 is 1.95 bits per heavy atom. The van der Waals surface area contributed by atoms with Crippen molar-refractivity contribution in [1.82, 2.24) is 5.32 Å². The van der Waals surface area contributed by atoms with Crippen LogP contribution in [0.5, 0.6) is 0 Å². The minimum Gasteiger partial charge on any atom is -0.481 e. The maximum Gasteiger partial charge on any atom is 0.306 e. The molecule has 1 saturated carbocycles. The third kappa shape index (κ3) is 4.03. The zero-order valence-corrected chi connectivity index (χ0v) is 12.0. The number of hydrogen-bond donors (Lipinski definition) is 2. The Bertz CT molecular complexity index is 524. The molecular formula is C16H20FNO3. The van der Waals surface area contributed by atoms with Crippen LogP contribution in [0.1, 0.15) is 44.1 Å². The molecule has 0 spiro atoms. The van der Waals surface area contributed by atoms with Crippen LogP contribution in [0.2, 0.25) is 0 Å². The van der Waals surface area contributed by atoms with E-state index in [0.29, 0.717) is 31.2 Å². The molecule has 114 valence electrons. The van der Waals surface area contributed by atoms with E-state index in [2.05, 4.69) is 5.32 Å². The topological polar surface area (TPSA) is 66.4 Å². The van der Waals surface area contributed by atoms with Crippen LogP contribution in [-0.4, -0.2) is 23.0 Å². The number of hydrogen-bond acceptors (Lipinski definition) is 2. The van der Waals surface area contributed by atoms with Crippen LogP contribution >= 0.6 is 0 Å². The van der Waals surface area contributed by atoms with Gasteiger partial charge in [-0.15, -0.1) is 0 Å². The molecule has 0 aliphatic heterocycles. The molecule has 1 fully saturated rings. The number of amides is 1. The maximum atomic E-state index is 13.2. The van der Waals surface area contributed by atoms with Crippen molar-refractivity contribution in [3.8, 4) is 0 Å². The number of benzene rings is 1. The maximum absolute atomic E-state index is 13.2. The van der Waals surface area contributed by atoms with Gasteiger partial charge in [-0.1, -0.05) is 12.1 Å². The van der Waals surface area contributed by atoms with Crippen LogP contribution in [0.4, 0.5) is 4.39 Å². The molecule has 0 heterocycles. The van der Waals surface area contributed by atoms with Crippen LogP contribution in [-0.2, 0) is 9.59 Å². The zero-order chi connectivity index (χ0) is 15.4. The fourth-order valence-corrected chi connectivity index (χ4v) is 2.74. The van der Waals surface area contributed by atoms with Crippen LogP contribution in [0, 0.1) is 11.7 Å². The smallest absolute Gasteiger partial charge is 0.306 e. The fourth-order valence-electron chi connectivity index (χ4n) is 2.74. The lowest BCUT2D eigenvalue weighted by Gasteiger charge is -2.28. The number of carboxylic acids is 1. The van der Waals surface area contributed by atoms with Gasteiger partial charge in [0.15, 0.2) is 0 Å². The quantitative estimate of drug-likeness (QED) is 0.897. The van der Waals surface area contributed by atoms with Crippen molar-refractivity contribution >= 4 is 11.9 Å². The average Bonchev–Trinajstić information content (AvgIpc) is 2.47. The average molecular weight is 293 g/mol. The highest BCUT2D eigenvalue weighted by atomic mass is 19.1. The third-order valence-corrected chi connectivity index (χ3v) is 4.16. The first kappa shape index (κ1) is 15.5. The molecule has 0 bridgehead atoms. The molecule has 1 atom stereocenters. The second-order valence-corrected chi connectivity index (χ2v) is 5.67. The van der Waals surface area contributed by atoms with Crippen molar-refractivity contribution in [1.29, 1.82) is 0 Å². The number of rotatable bonds is 4. The molecule has 2 N–H and O–H groups in total. The normalized spacial score (nSPS) is 23.3. The van der Waals surface area contributed by atoms with E-state index in [4.69, 9.17) is 5.11 Å². The molecule has 0 saturated heterocycles. The van der Waals surface area contributed by atoms with E-state index in [0.717, 1.165) is 0 Å². The van der Waals surface area contributed by atoms with Gasteiger partial charge in [-0.25, -0.2) is 4.39 Å². The van der Waals surface area contributed by atoms with Crippen molar-refractivity contribution in [3.63, 3.8) is 0 Å². The molecular weight excluding hydrogens is 273 g/mol. The Morgan fingerprint density at radius 3 is 2.52 bits per heavy atom. The molecule has 1 aromatic carbocycles. The number of carboxylic acid groups (broad SMARTS) is 1. The number of carbonyl (C=O) groups is 2. The van der Waals surface area contributed by atoms with Gasteiger partial charge in [-0.3, -0.25) is 9.59 Å². The van der Waals surface area contributed by atoms with Gasteiger partial charge in [-0.2, -0.15) is 0 Å². The number of carbonyl (C=O) groups excluding carboxylic acids is 1. The van der Waals surface area contributed by atoms with E-state index >= 15 is 0 Å². The molecule has 1 amide bonds. The van der Waals surface area contributed by atoms with Gasteiger partial charge >= 0.3 is 5.97 Å². The summed E-state index contributed by atoms with van der Waals surface area (Å²) in [6, 6.07) is 6.05. The van der Waals surface area contributed by atoms with Crippen molar-refractivity contribution in [2.45, 2.75) is 44.6 Å². The van der Waals surface area contributed by atoms with Crippen molar-refractivity contribution in [2.24, 2.45) is 5.92 Å². The second kappa shape index (κ2) is 6.70. The first-order valence-corrected chi connectivity index (χ1v) is 7.26. The number of halogens is 1. The van der Waals surface area contributed by atoms with E-state index in [1.165, 1.54) is 12.1 Å².